The van der Waals surface area contributed by atoms with E-state index in [4.69, 9.17) is 9.47 Å². The number of nitrogens with zero attached hydrogens (tertiary/aromatic N) is 2. The summed E-state index contributed by atoms with van der Waals surface area (Å²) in [4.78, 5) is 12.0. The second-order valence-electron chi connectivity index (χ2n) is 4.26. The summed E-state index contributed by atoms with van der Waals surface area (Å²) >= 11 is 0. The molecule has 2 aromatic heterocycles. The Morgan fingerprint density at radius 2 is 2.15 bits per heavy atom. The average molecular weight is 269 g/mol. The number of pyridine rings is 1. The normalized spacial score (nSPS) is 10.7. The van der Waals surface area contributed by atoms with Crippen molar-refractivity contribution in [3.8, 4) is 22.9 Å². The van der Waals surface area contributed by atoms with Crippen LogP contribution < -0.4 is 9.47 Å². The summed E-state index contributed by atoms with van der Waals surface area (Å²) in [5, 5.41) is 0. The monoisotopic (exact) mass is 269 g/mol. The van der Waals surface area contributed by atoms with Crippen LogP contribution in [0.1, 0.15) is 6.92 Å². The number of hydrogen-bond donors (Lipinski definition) is 1. The molecule has 5 nitrogen and oxygen atoms in total. The molecule has 1 N–H and O–H groups in total. The first-order valence-corrected chi connectivity index (χ1v) is 6.43. The van der Waals surface area contributed by atoms with Gasteiger partial charge in [-0.25, -0.2) is 9.97 Å². The van der Waals surface area contributed by atoms with Crippen LogP contribution in [0.5, 0.6) is 11.5 Å². The molecule has 2 heterocycles. The fourth-order valence-electron chi connectivity index (χ4n) is 2.07. The lowest BCUT2D eigenvalue weighted by atomic mass is 10.2. The van der Waals surface area contributed by atoms with Crippen LogP contribution in [-0.4, -0.2) is 28.7 Å². The summed E-state index contributed by atoms with van der Waals surface area (Å²) in [6.07, 6.45) is 1.73. The number of benzene rings is 1. The van der Waals surface area contributed by atoms with Gasteiger partial charge in [-0.05, 0) is 31.2 Å². The highest BCUT2D eigenvalue weighted by atomic mass is 16.5. The van der Waals surface area contributed by atoms with E-state index in [-0.39, 0.29) is 0 Å². The highest BCUT2D eigenvalue weighted by molar-refractivity contribution is 5.77. The highest BCUT2D eigenvalue weighted by Crippen LogP contribution is 2.32. The molecule has 0 atom stereocenters. The Labute approximate surface area is 116 Å². The number of fused-ring (bicyclic) bond motifs is 1. The number of H-pyrrole nitrogens is 1. The van der Waals surface area contributed by atoms with Gasteiger partial charge in [-0.2, -0.15) is 0 Å². The van der Waals surface area contributed by atoms with Gasteiger partial charge >= 0.3 is 0 Å². The van der Waals surface area contributed by atoms with Crippen molar-refractivity contribution in [1.29, 1.82) is 0 Å². The van der Waals surface area contributed by atoms with Crippen LogP contribution in [0.3, 0.4) is 0 Å². The SMILES string of the molecule is CCOc1cc(OC)ccc1-c1nc2ncccc2[nH]1. The summed E-state index contributed by atoms with van der Waals surface area (Å²) in [7, 11) is 1.63. The van der Waals surface area contributed by atoms with E-state index >= 15 is 0 Å². The van der Waals surface area contributed by atoms with Crippen LogP contribution in [0, 0.1) is 0 Å². The van der Waals surface area contributed by atoms with Gasteiger partial charge in [-0.3, -0.25) is 0 Å². The Bertz CT molecular complexity index is 704. The Kier molecular flexibility index (Phi) is 3.25. The first kappa shape index (κ1) is 12.5. The van der Waals surface area contributed by atoms with Crippen LogP contribution in [0.4, 0.5) is 0 Å². The lowest BCUT2D eigenvalue weighted by Gasteiger charge is -2.10. The fraction of sp³-hybridized carbons (Fsp3) is 0.200. The number of aromatic nitrogens is 3. The van der Waals surface area contributed by atoms with Gasteiger partial charge in [0.25, 0.3) is 0 Å². The fourth-order valence-corrected chi connectivity index (χ4v) is 2.07. The van der Waals surface area contributed by atoms with Crippen LogP contribution in [0.2, 0.25) is 0 Å². The quantitative estimate of drug-likeness (QED) is 0.790. The Hall–Kier alpha value is -2.56. The van der Waals surface area contributed by atoms with E-state index in [9.17, 15) is 0 Å². The van der Waals surface area contributed by atoms with Gasteiger partial charge in [-0.15, -0.1) is 0 Å². The van der Waals surface area contributed by atoms with Crippen molar-refractivity contribution in [2.24, 2.45) is 0 Å². The molecule has 0 fully saturated rings. The predicted octanol–water partition coefficient (Wildman–Crippen LogP) is 3.03. The van der Waals surface area contributed by atoms with Crippen molar-refractivity contribution in [2.75, 3.05) is 13.7 Å². The minimum absolute atomic E-state index is 0.582. The van der Waals surface area contributed by atoms with E-state index in [1.165, 1.54) is 0 Å². The number of methoxy groups -OCH3 is 1. The molecule has 102 valence electrons. The van der Waals surface area contributed by atoms with Gasteiger partial charge in [0.1, 0.15) is 17.3 Å². The summed E-state index contributed by atoms with van der Waals surface area (Å²) in [6.45, 7) is 2.53. The zero-order valence-corrected chi connectivity index (χ0v) is 11.4. The van der Waals surface area contributed by atoms with E-state index in [1.54, 1.807) is 13.3 Å². The molecule has 0 aliphatic heterocycles. The first-order valence-electron chi connectivity index (χ1n) is 6.43. The molecule has 0 aliphatic carbocycles. The molecule has 20 heavy (non-hydrogen) atoms. The van der Waals surface area contributed by atoms with E-state index in [0.29, 0.717) is 12.3 Å². The Morgan fingerprint density at radius 3 is 2.90 bits per heavy atom. The highest BCUT2D eigenvalue weighted by Gasteiger charge is 2.12. The number of nitrogens with one attached hydrogen (secondary N) is 1. The molecule has 3 aromatic rings. The number of rotatable bonds is 4. The third kappa shape index (κ3) is 2.18. The van der Waals surface area contributed by atoms with Crippen LogP contribution >= 0.6 is 0 Å². The average Bonchev–Trinajstić information content (AvgIpc) is 2.91. The summed E-state index contributed by atoms with van der Waals surface area (Å²) in [6, 6.07) is 9.50. The molecule has 0 unspecified atom stereocenters. The topological polar surface area (TPSA) is 60.0 Å². The van der Waals surface area contributed by atoms with E-state index in [2.05, 4.69) is 15.0 Å². The maximum atomic E-state index is 5.67. The molecule has 0 amide bonds. The standard InChI is InChI=1S/C15H15N3O2/c1-3-20-13-9-10(19-2)6-7-11(13)14-17-12-5-4-8-16-15(12)18-14/h4-9H,3H2,1-2H3,(H,16,17,18). The summed E-state index contributed by atoms with van der Waals surface area (Å²) in [5.74, 6) is 2.24. The summed E-state index contributed by atoms with van der Waals surface area (Å²) < 4.78 is 10.9. The van der Waals surface area contributed by atoms with Crippen molar-refractivity contribution >= 4 is 11.2 Å². The zero-order chi connectivity index (χ0) is 13.9. The molecular weight excluding hydrogens is 254 g/mol. The van der Waals surface area contributed by atoms with Crippen LogP contribution in [0.25, 0.3) is 22.6 Å². The maximum absolute atomic E-state index is 5.67. The van der Waals surface area contributed by atoms with Crippen molar-refractivity contribution < 1.29 is 9.47 Å². The molecule has 0 spiro atoms. The largest absolute Gasteiger partial charge is 0.497 e. The van der Waals surface area contributed by atoms with Gasteiger partial charge < -0.3 is 14.5 Å². The van der Waals surface area contributed by atoms with Gasteiger partial charge in [0.05, 0.1) is 24.8 Å². The summed E-state index contributed by atoms with van der Waals surface area (Å²) in [5.41, 5.74) is 2.49. The molecule has 1 aromatic carbocycles. The minimum atomic E-state index is 0.582. The van der Waals surface area contributed by atoms with Crippen LogP contribution in [-0.2, 0) is 0 Å². The number of hydrogen-bond acceptors (Lipinski definition) is 4. The van der Waals surface area contributed by atoms with Gasteiger partial charge in [0.15, 0.2) is 5.65 Å². The Balaban J connectivity index is 2.12. The van der Waals surface area contributed by atoms with E-state index < -0.39 is 0 Å². The molecule has 0 saturated heterocycles. The Morgan fingerprint density at radius 1 is 1.25 bits per heavy atom. The third-order valence-corrected chi connectivity index (χ3v) is 3.00. The minimum Gasteiger partial charge on any atom is -0.497 e. The molecular formula is C15H15N3O2. The number of aromatic amines is 1. The smallest absolute Gasteiger partial charge is 0.178 e. The van der Waals surface area contributed by atoms with E-state index in [1.807, 2.05) is 37.3 Å². The van der Waals surface area contributed by atoms with Crippen molar-refractivity contribution in [3.63, 3.8) is 0 Å². The molecule has 0 aliphatic rings. The lowest BCUT2D eigenvalue weighted by Crippen LogP contribution is -1.96. The lowest BCUT2D eigenvalue weighted by molar-refractivity contribution is 0.337. The van der Waals surface area contributed by atoms with Gasteiger partial charge in [0.2, 0.25) is 0 Å². The molecule has 3 rings (SSSR count). The van der Waals surface area contributed by atoms with Crippen molar-refractivity contribution in [3.05, 3.63) is 36.5 Å². The second kappa shape index (κ2) is 5.21. The molecule has 0 radical (unpaired) electrons. The predicted molar refractivity (Wildman–Crippen MR) is 77.0 cm³/mol. The van der Waals surface area contributed by atoms with Crippen molar-refractivity contribution in [1.82, 2.24) is 15.0 Å². The molecule has 0 saturated carbocycles. The van der Waals surface area contributed by atoms with Gasteiger partial charge in [-0.1, -0.05) is 0 Å². The first-order chi connectivity index (χ1) is 9.81. The zero-order valence-electron chi connectivity index (χ0n) is 11.4. The number of ether oxygens (including phenoxy) is 2. The van der Waals surface area contributed by atoms with E-state index in [0.717, 1.165) is 28.4 Å². The van der Waals surface area contributed by atoms with Gasteiger partial charge in [0, 0.05) is 12.3 Å². The third-order valence-electron chi connectivity index (χ3n) is 3.00. The van der Waals surface area contributed by atoms with Crippen LogP contribution in [0.15, 0.2) is 36.5 Å². The molecule has 5 heteroatoms. The number of imidazole rings is 1. The second-order valence-corrected chi connectivity index (χ2v) is 4.26. The molecule has 0 bridgehead atoms. The van der Waals surface area contributed by atoms with Crippen molar-refractivity contribution in [2.45, 2.75) is 6.92 Å². The maximum Gasteiger partial charge on any atom is 0.178 e.